The van der Waals surface area contributed by atoms with Crippen LogP contribution in [0.25, 0.3) is 0 Å². The molecule has 3 rings (SSSR count). The number of fused-ring (bicyclic) bond motifs is 1. The van der Waals surface area contributed by atoms with E-state index in [1.807, 2.05) is 6.08 Å². The molecule has 4 nitrogen and oxygen atoms in total. The molecule has 1 aromatic heterocycles. The van der Waals surface area contributed by atoms with Crippen LogP contribution >= 0.6 is 0 Å². The van der Waals surface area contributed by atoms with Crippen molar-refractivity contribution in [2.75, 3.05) is 24.5 Å². The lowest BCUT2D eigenvalue weighted by molar-refractivity contribution is 0.281. The second-order valence-electron chi connectivity index (χ2n) is 4.89. The van der Waals surface area contributed by atoms with E-state index in [0.29, 0.717) is 18.0 Å². The first-order valence-corrected chi connectivity index (χ1v) is 6.38. The molecule has 0 unspecified atom stereocenters. The molecule has 0 spiro atoms. The molecule has 1 aromatic rings. The van der Waals surface area contributed by atoms with Crippen LogP contribution in [0, 0.1) is 5.82 Å². The minimum atomic E-state index is -0.380. The number of hydrogen-bond acceptors (Lipinski definition) is 4. The summed E-state index contributed by atoms with van der Waals surface area (Å²) in [7, 11) is 0. The minimum absolute atomic E-state index is 0.380. The van der Waals surface area contributed by atoms with Crippen molar-refractivity contribution >= 4 is 5.95 Å². The van der Waals surface area contributed by atoms with Crippen LogP contribution in [0.3, 0.4) is 0 Å². The van der Waals surface area contributed by atoms with Crippen molar-refractivity contribution in [3.8, 4) is 0 Å². The molecular formula is C13H17FN4. The molecule has 2 atom stereocenters. The second kappa shape index (κ2) is 4.65. The van der Waals surface area contributed by atoms with E-state index >= 15 is 0 Å². The fraction of sp³-hybridized carbons (Fsp3) is 0.538. The SMILES string of the molecule is C=CCN1CC[C@@H]2[C@H]1CCN2c1ncc(F)cn1. The number of hydrogen-bond donors (Lipinski definition) is 0. The Hall–Kier alpha value is -1.49. The van der Waals surface area contributed by atoms with Gasteiger partial charge in [0.1, 0.15) is 0 Å². The van der Waals surface area contributed by atoms with Crippen molar-refractivity contribution in [1.82, 2.24) is 14.9 Å². The molecule has 0 aliphatic carbocycles. The highest BCUT2D eigenvalue weighted by Crippen LogP contribution is 2.33. The first-order valence-electron chi connectivity index (χ1n) is 6.38. The predicted molar refractivity (Wildman–Crippen MR) is 67.9 cm³/mol. The van der Waals surface area contributed by atoms with Crippen LogP contribution in [-0.4, -0.2) is 46.6 Å². The monoisotopic (exact) mass is 248 g/mol. The molecule has 3 heterocycles. The first kappa shape index (κ1) is 11.6. The Morgan fingerprint density at radius 3 is 2.72 bits per heavy atom. The predicted octanol–water partition coefficient (Wildman–Crippen LogP) is 1.45. The standard InChI is InChI=1S/C13H17FN4/c1-2-5-17-6-3-12-11(17)4-7-18(12)13-15-8-10(14)9-16-13/h2,8-9,11-12H,1,3-7H2/t11-,12-/m1/s1. The van der Waals surface area contributed by atoms with Crippen LogP contribution in [0.2, 0.25) is 0 Å². The van der Waals surface area contributed by atoms with E-state index in [4.69, 9.17) is 0 Å². The van der Waals surface area contributed by atoms with Crippen LogP contribution in [0.15, 0.2) is 25.0 Å². The maximum atomic E-state index is 12.8. The number of likely N-dealkylation sites (tertiary alicyclic amines) is 1. The van der Waals surface area contributed by atoms with Crippen molar-refractivity contribution < 1.29 is 4.39 Å². The molecule has 0 bridgehead atoms. The summed E-state index contributed by atoms with van der Waals surface area (Å²) >= 11 is 0. The van der Waals surface area contributed by atoms with Crippen molar-refractivity contribution in [1.29, 1.82) is 0 Å². The van der Waals surface area contributed by atoms with E-state index in [1.165, 1.54) is 12.4 Å². The number of aromatic nitrogens is 2. The van der Waals surface area contributed by atoms with Crippen molar-refractivity contribution in [3.05, 3.63) is 30.9 Å². The van der Waals surface area contributed by atoms with Gasteiger partial charge >= 0.3 is 0 Å². The van der Waals surface area contributed by atoms with Gasteiger partial charge in [-0.15, -0.1) is 6.58 Å². The fourth-order valence-electron chi connectivity index (χ4n) is 3.17. The van der Waals surface area contributed by atoms with E-state index in [2.05, 4.69) is 26.3 Å². The van der Waals surface area contributed by atoms with Gasteiger partial charge in [-0.05, 0) is 12.8 Å². The second-order valence-corrected chi connectivity index (χ2v) is 4.89. The van der Waals surface area contributed by atoms with Crippen LogP contribution in [0.1, 0.15) is 12.8 Å². The zero-order valence-electron chi connectivity index (χ0n) is 10.3. The highest BCUT2D eigenvalue weighted by atomic mass is 19.1. The molecule has 5 heteroatoms. The summed E-state index contributed by atoms with van der Waals surface area (Å²) < 4.78 is 12.8. The van der Waals surface area contributed by atoms with Gasteiger partial charge in [0.2, 0.25) is 5.95 Å². The van der Waals surface area contributed by atoms with Gasteiger partial charge in [-0.2, -0.15) is 0 Å². The van der Waals surface area contributed by atoms with Crippen molar-refractivity contribution in [2.24, 2.45) is 0 Å². The molecule has 0 N–H and O–H groups in total. The van der Waals surface area contributed by atoms with E-state index in [9.17, 15) is 4.39 Å². The Morgan fingerprint density at radius 2 is 2.00 bits per heavy atom. The van der Waals surface area contributed by atoms with E-state index in [-0.39, 0.29) is 5.82 Å². The van der Waals surface area contributed by atoms with Gasteiger partial charge in [0.25, 0.3) is 0 Å². The Bertz CT molecular complexity index is 433. The number of halogens is 1. The van der Waals surface area contributed by atoms with Crippen molar-refractivity contribution in [2.45, 2.75) is 24.9 Å². The first-order chi connectivity index (χ1) is 8.79. The maximum Gasteiger partial charge on any atom is 0.225 e. The summed E-state index contributed by atoms with van der Waals surface area (Å²) in [6.07, 6.45) is 6.69. The third-order valence-corrected chi connectivity index (χ3v) is 3.92. The minimum Gasteiger partial charge on any atom is -0.336 e. The van der Waals surface area contributed by atoms with Gasteiger partial charge in [0.05, 0.1) is 12.4 Å². The summed E-state index contributed by atoms with van der Waals surface area (Å²) in [5.41, 5.74) is 0. The molecule has 2 aliphatic rings. The quantitative estimate of drug-likeness (QED) is 0.758. The number of rotatable bonds is 3. The molecule has 0 amide bonds. The Labute approximate surface area is 106 Å². The maximum absolute atomic E-state index is 12.8. The topological polar surface area (TPSA) is 32.3 Å². The largest absolute Gasteiger partial charge is 0.336 e. The Kier molecular flexibility index (Phi) is 2.99. The lowest BCUT2D eigenvalue weighted by Crippen LogP contribution is -2.37. The number of anilines is 1. The van der Waals surface area contributed by atoms with Gasteiger partial charge in [-0.25, -0.2) is 14.4 Å². The lowest BCUT2D eigenvalue weighted by atomic mass is 10.1. The van der Waals surface area contributed by atoms with Crippen LogP contribution < -0.4 is 4.90 Å². The summed E-state index contributed by atoms with van der Waals surface area (Å²) in [6.45, 7) is 6.80. The summed E-state index contributed by atoms with van der Waals surface area (Å²) in [5.74, 6) is 0.276. The zero-order valence-corrected chi connectivity index (χ0v) is 10.3. The van der Waals surface area contributed by atoms with Gasteiger partial charge < -0.3 is 4.90 Å². The molecule has 2 fully saturated rings. The third-order valence-electron chi connectivity index (χ3n) is 3.92. The van der Waals surface area contributed by atoms with E-state index in [0.717, 1.165) is 32.5 Å². The van der Waals surface area contributed by atoms with Crippen LogP contribution in [-0.2, 0) is 0 Å². The third kappa shape index (κ3) is 1.88. The van der Waals surface area contributed by atoms with Gasteiger partial charge in [-0.3, -0.25) is 4.90 Å². The average molecular weight is 248 g/mol. The van der Waals surface area contributed by atoms with Gasteiger partial charge in [0, 0.05) is 31.7 Å². The Morgan fingerprint density at radius 1 is 1.28 bits per heavy atom. The fourth-order valence-corrected chi connectivity index (χ4v) is 3.17. The molecule has 0 saturated carbocycles. The Balaban J connectivity index is 1.77. The molecular weight excluding hydrogens is 231 g/mol. The highest BCUT2D eigenvalue weighted by Gasteiger charge is 2.42. The normalized spacial score (nSPS) is 27.5. The van der Waals surface area contributed by atoms with Crippen LogP contribution in [0.5, 0.6) is 0 Å². The molecule has 0 aromatic carbocycles. The summed E-state index contributed by atoms with van der Waals surface area (Å²) in [5, 5.41) is 0. The lowest BCUT2D eigenvalue weighted by Gasteiger charge is -2.24. The zero-order chi connectivity index (χ0) is 12.5. The molecule has 96 valence electrons. The van der Waals surface area contributed by atoms with Gasteiger partial charge in [0.15, 0.2) is 5.82 Å². The van der Waals surface area contributed by atoms with Gasteiger partial charge in [-0.1, -0.05) is 6.08 Å². The molecule has 0 radical (unpaired) electrons. The van der Waals surface area contributed by atoms with E-state index in [1.54, 1.807) is 0 Å². The van der Waals surface area contributed by atoms with Crippen molar-refractivity contribution in [3.63, 3.8) is 0 Å². The molecule has 2 aliphatic heterocycles. The molecule has 18 heavy (non-hydrogen) atoms. The molecule has 2 saturated heterocycles. The summed E-state index contributed by atoms with van der Waals surface area (Å²) in [4.78, 5) is 12.9. The number of nitrogens with zero attached hydrogens (tertiary/aromatic N) is 4. The van der Waals surface area contributed by atoms with E-state index < -0.39 is 0 Å². The summed E-state index contributed by atoms with van der Waals surface area (Å²) in [6, 6.07) is 1.03. The van der Waals surface area contributed by atoms with Crippen LogP contribution in [0.4, 0.5) is 10.3 Å². The smallest absolute Gasteiger partial charge is 0.225 e. The average Bonchev–Trinajstić information content (AvgIpc) is 2.94. The highest BCUT2D eigenvalue weighted by molar-refractivity contribution is 5.35.